The first-order valence-corrected chi connectivity index (χ1v) is 18.2. The molecule has 0 fully saturated rings. The number of esters is 1. The molecule has 3 aromatic carbocycles. The van der Waals surface area contributed by atoms with Crippen LogP contribution in [0.3, 0.4) is 0 Å². The molecule has 1 heterocycles. The molecule has 3 N–H and O–H groups in total. The van der Waals surface area contributed by atoms with Crippen LogP contribution in [-0.4, -0.2) is 67.9 Å². The number of benzene rings is 3. The van der Waals surface area contributed by atoms with Gasteiger partial charge in [-0.05, 0) is 85.5 Å². The fourth-order valence-electron chi connectivity index (χ4n) is 6.72. The molecule has 0 aliphatic heterocycles. The Balaban J connectivity index is 1.52. The van der Waals surface area contributed by atoms with Gasteiger partial charge in [-0.15, -0.1) is 20.2 Å². The number of hydrogen-bond donors (Lipinski definition) is 3. The lowest BCUT2D eigenvalue weighted by Gasteiger charge is -2.26. The quantitative estimate of drug-likeness (QED) is 0.0447. The van der Waals surface area contributed by atoms with Gasteiger partial charge in [-0.25, -0.2) is 4.39 Å². The number of hydrogen-bond acceptors (Lipinski definition) is 11. The maximum absolute atomic E-state index is 14.3. The van der Waals surface area contributed by atoms with Crippen molar-refractivity contribution < 1.29 is 48.8 Å². The minimum Gasteiger partial charge on any atom is -0.466 e. The van der Waals surface area contributed by atoms with Crippen LogP contribution in [0.2, 0.25) is 0 Å². The Morgan fingerprint density at radius 2 is 1.43 bits per heavy atom. The Kier molecular flexibility index (Phi) is 15.4. The highest BCUT2D eigenvalue weighted by Gasteiger charge is 2.32. The second kappa shape index (κ2) is 20.2. The van der Waals surface area contributed by atoms with E-state index < -0.39 is 58.7 Å². The third-order valence-corrected chi connectivity index (χ3v) is 9.24. The van der Waals surface area contributed by atoms with Crippen LogP contribution in [0.1, 0.15) is 75.3 Å². The largest absolute Gasteiger partial charge is 0.466 e. The molecule has 15 nitrogen and oxygen atoms in total. The monoisotopic (exact) mass is 778 g/mol. The minimum atomic E-state index is -1.31. The molecular weight excluding hydrogens is 731 g/mol. The molecule has 0 aliphatic carbocycles. The highest BCUT2D eigenvalue weighted by atomic mass is 19.1. The van der Waals surface area contributed by atoms with E-state index in [1.807, 2.05) is 66.9 Å². The third-order valence-electron chi connectivity index (χ3n) is 9.24. The summed E-state index contributed by atoms with van der Waals surface area (Å²) >= 11 is 0. The van der Waals surface area contributed by atoms with Crippen LogP contribution < -0.4 is 5.32 Å². The highest BCUT2D eigenvalue weighted by molar-refractivity contribution is 6.12. The van der Waals surface area contributed by atoms with Crippen molar-refractivity contribution in [3.8, 4) is 22.4 Å². The van der Waals surface area contributed by atoms with E-state index in [9.17, 15) is 44.4 Å². The van der Waals surface area contributed by atoms with Gasteiger partial charge in [0.05, 0.1) is 36.5 Å². The van der Waals surface area contributed by atoms with Gasteiger partial charge in [0.25, 0.3) is 16.1 Å². The van der Waals surface area contributed by atoms with Gasteiger partial charge in [-0.3, -0.25) is 9.59 Å². The number of rotatable bonds is 21. The first-order valence-electron chi connectivity index (χ1n) is 18.2. The van der Waals surface area contributed by atoms with E-state index in [-0.39, 0.29) is 44.2 Å². The molecular formula is C40H47FN4O11. The molecule has 0 saturated heterocycles. The van der Waals surface area contributed by atoms with Crippen molar-refractivity contribution in [2.75, 3.05) is 11.9 Å². The fourth-order valence-corrected chi connectivity index (χ4v) is 6.72. The predicted octanol–water partition coefficient (Wildman–Crippen LogP) is 6.97. The lowest BCUT2D eigenvalue weighted by Crippen LogP contribution is -2.38. The van der Waals surface area contributed by atoms with Crippen molar-refractivity contribution in [2.24, 2.45) is 5.92 Å². The zero-order chi connectivity index (χ0) is 40.9. The molecule has 0 spiro atoms. The molecule has 0 aliphatic rings. The molecule has 1 aromatic heterocycles. The topological polar surface area (TPSA) is 206 Å². The summed E-state index contributed by atoms with van der Waals surface area (Å²) in [5.74, 6) is -2.43. The van der Waals surface area contributed by atoms with Gasteiger partial charge >= 0.3 is 5.97 Å². The normalized spacial score (nSPS) is 13.9. The van der Waals surface area contributed by atoms with Crippen LogP contribution in [0, 0.1) is 32.0 Å². The van der Waals surface area contributed by atoms with Gasteiger partial charge in [0.15, 0.2) is 0 Å². The van der Waals surface area contributed by atoms with Gasteiger partial charge < -0.3 is 34.5 Å². The van der Waals surface area contributed by atoms with Crippen molar-refractivity contribution in [1.82, 2.24) is 4.57 Å². The summed E-state index contributed by atoms with van der Waals surface area (Å²) in [7, 11) is 0. The highest BCUT2D eigenvalue weighted by Crippen LogP contribution is 2.42. The van der Waals surface area contributed by atoms with Crippen LogP contribution in [0.4, 0.5) is 10.1 Å². The Morgan fingerprint density at radius 3 is 2.02 bits per heavy atom. The summed E-state index contributed by atoms with van der Waals surface area (Å²) in [6, 6.07) is 24.4. The number of amides is 1. The maximum atomic E-state index is 14.3. The summed E-state index contributed by atoms with van der Waals surface area (Å²) in [6.45, 7) is 6.65. The summed E-state index contributed by atoms with van der Waals surface area (Å²) < 4.78 is 21.4. The minimum absolute atomic E-state index is 0.0379. The number of ether oxygens (including phenoxy) is 1. The first-order chi connectivity index (χ1) is 26.7. The van der Waals surface area contributed by atoms with E-state index in [2.05, 4.69) is 15.0 Å². The second-order valence-corrected chi connectivity index (χ2v) is 13.8. The van der Waals surface area contributed by atoms with E-state index in [4.69, 9.17) is 4.74 Å². The molecule has 1 amide bonds. The van der Waals surface area contributed by atoms with Gasteiger partial charge in [-0.1, -0.05) is 69.3 Å². The van der Waals surface area contributed by atoms with Crippen molar-refractivity contribution in [2.45, 2.75) is 90.3 Å². The SMILES string of the molecule is CC(C)c1c(C(=O)Nc2ccccc2)c(-c2ccccc2)c(-c2ccc(F)cc2)n1CC[C@@H](O)C[C@@H](O)CC(=O)OCCC(C)C(O[N+](=O)[O-])C(C)O[N+](=O)[O-]. The van der Waals surface area contributed by atoms with E-state index >= 15 is 0 Å². The van der Waals surface area contributed by atoms with Gasteiger partial charge in [0, 0.05) is 23.5 Å². The van der Waals surface area contributed by atoms with E-state index in [0.29, 0.717) is 33.8 Å². The molecule has 56 heavy (non-hydrogen) atoms. The van der Waals surface area contributed by atoms with Crippen LogP contribution in [0.5, 0.6) is 0 Å². The van der Waals surface area contributed by atoms with Gasteiger partial charge in [0.1, 0.15) is 18.0 Å². The zero-order valence-electron chi connectivity index (χ0n) is 31.6. The third kappa shape index (κ3) is 11.8. The average molecular weight is 779 g/mol. The van der Waals surface area contributed by atoms with Crippen molar-refractivity contribution in [3.05, 3.63) is 122 Å². The number of carbonyl (C=O) groups is 2. The number of aliphatic hydroxyl groups is 2. The number of anilines is 1. The predicted molar refractivity (Wildman–Crippen MR) is 204 cm³/mol. The number of aromatic nitrogens is 1. The van der Waals surface area contributed by atoms with Crippen LogP contribution in [-0.2, 0) is 25.8 Å². The fraction of sp³-hybridized carbons (Fsp3) is 0.400. The zero-order valence-corrected chi connectivity index (χ0v) is 31.6. The first kappa shape index (κ1) is 42.9. The Hall–Kier alpha value is -5.87. The number of aliphatic hydroxyl groups excluding tert-OH is 2. The van der Waals surface area contributed by atoms with E-state index in [0.717, 1.165) is 5.56 Å². The molecule has 3 unspecified atom stereocenters. The molecule has 4 rings (SSSR count). The van der Waals surface area contributed by atoms with Crippen LogP contribution in [0.25, 0.3) is 22.4 Å². The van der Waals surface area contributed by atoms with Gasteiger partial charge in [0.2, 0.25) is 0 Å². The van der Waals surface area contributed by atoms with Crippen LogP contribution >= 0.6 is 0 Å². The summed E-state index contributed by atoms with van der Waals surface area (Å²) in [5, 5.41) is 44.3. The average Bonchev–Trinajstić information content (AvgIpc) is 3.49. The van der Waals surface area contributed by atoms with Crippen LogP contribution in [0.15, 0.2) is 84.9 Å². The van der Waals surface area contributed by atoms with Crippen molar-refractivity contribution >= 4 is 17.6 Å². The second-order valence-electron chi connectivity index (χ2n) is 13.8. The number of nitrogens with zero attached hydrogens (tertiary/aromatic N) is 3. The Bertz CT molecular complexity index is 1920. The summed E-state index contributed by atoms with van der Waals surface area (Å²) in [4.78, 5) is 57.4. The lowest BCUT2D eigenvalue weighted by molar-refractivity contribution is -0.799. The molecule has 16 heteroatoms. The maximum Gasteiger partial charge on any atom is 0.308 e. The molecule has 0 bridgehead atoms. The Morgan fingerprint density at radius 1 is 0.821 bits per heavy atom. The van der Waals surface area contributed by atoms with Crippen molar-refractivity contribution in [3.63, 3.8) is 0 Å². The van der Waals surface area contributed by atoms with Gasteiger partial charge in [-0.2, -0.15) is 0 Å². The molecule has 0 saturated carbocycles. The number of halogens is 1. The number of carbonyl (C=O) groups excluding carboxylic acids is 2. The molecule has 5 atom stereocenters. The summed E-state index contributed by atoms with van der Waals surface area (Å²) in [6.07, 6.45) is -5.45. The summed E-state index contributed by atoms with van der Waals surface area (Å²) in [5.41, 5.74) is 4.41. The Labute approximate surface area is 323 Å². The van der Waals surface area contributed by atoms with E-state index in [1.54, 1.807) is 24.3 Å². The smallest absolute Gasteiger partial charge is 0.308 e. The molecule has 0 radical (unpaired) electrons. The standard InChI is InChI=1S/C40H47FN4O11/c1-25(2)37-36(40(49)42-31-13-9-6-10-14-31)35(28-11-7-5-8-12-28)38(29-15-17-30(41)18-16-29)43(37)21-19-32(46)23-33(47)24-34(48)54-22-20-26(3)39(56-45(52)53)27(4)55-44(50)51/h5-18,25-27,32-33,39,46-47H,19-24H2,1-4H3,(H,42,49)/t26?,27?,32-,33-,39?/m1/s1. The lowest BCUT2D eigenvalue weighted by atomic mass is 9.94. The molecule has 4 aromatic rings. The van der Waals surface area contributed by atoms with E-state index in [1.165, 1.54) is 26.0 Å². The van der Waals surface area contributed by atoms with Crippen molar-refractivity contribution in [1.29, 1.82) is 0 Å². The number of para-hydroxylation sites is 1. The molecule has 300 valence electrons. The number of nitrogens with one attached hydrogen (secondary N) is 1.